The SMILES string of the molecule is NCc1cccc(Cl)c1N1CCCc2ccccc2C1. The zero-order chi connectivity index (χ0) is 13.9. The first-order chi connectivity index (χ1) is 9.79. The summed E-state index contributed by atoms with van der Waals surface area (Å²) in [5, 5.41) is 0.798. The van der Waals surface area contributed by atoms with Crippen molar-refractivity contribution in [2.24, 2.45) is 5.73 Å². The van der Waals surface area contributed by atoms with Crippen molar-refractivity contribution in [3.05, 3.63) is 64.2 Å². The second kappa shape index (κ2) is 5.86. The van der Waals surface area contributed by atoms with Crippen LogP contribution in [-0.4, -0.2) is 6.54 Å². The Labute approximate surface area is 125 Å². The number of nitrogens with zero attached hydrogens (tertiary/aromatic N) is 1. The van der Waals surface area contributed by atoms with E-state index in [0.717, 1.165) is 42.2 Å². The summed E-state index contributed by atoms with van der Waals surface area (Å²) in [4.78, 5) is 2.37. The Bertz CT molecular complexity index is 610. The highest BCUT2D eigenvalue weighted by molar-refractivity contribution is 6.33. The van der Waals surface area contributed by atoms with Crippen LogP contribution in [0.2, 0.25) is 5.02 Å². The Morgan fingerprint density at radius 1 is 1.05 bits per heavy atom. The van der Waals surface area contributed by atoms with Crippen LogP contribution >= 0.6 is 11.6 Å². The molecule has 3 rings (SSSR count). The first kappa shape index (κ1) is 13.5. The summed E-state index contributed by atoms with van der Waals surface area (Å²) < 4.78 is 0. The van der Waals surface area contributed by atoms with Crippen molar-refractivity contribution in [3.8, 4) is 0 Å². The summed E-state index contributed by atoms with van der Waals surface area (Å²) in [6, 6.07) is 14.7. The van der Waals surface area contributed by atoms with Crippen molar-refractivity contribution in [1.29, 1.82) is 0 Å². The van der Waals surface area contributed by atoms with Gasteiger partial charge < -0.3 is 10.6 Å². The van der Waals surface area contributed by atoms with Gasteiger partial charge in [-0.2, -0.15) is 0 Å². The summed E-state index contributed by atoms with van der Waals surface area (Å²) in [5.41, 5.74) is 11.0. The Morgan fingerprint density at radius 3 is 2.65 bits per heavy atom. The van der Waals surface area contributed by atoms with Crippen molar-refractivity contribution in [1.82, 2.24) is 0 Å². The molecule has 1 heterocycles. The fourth-order valence-electron chi connectivity index (χ4n) is 2.97. The van der Waals surface area contributed by atoms with Crippen molar-refractivity contribution in [2.45, 2.75) is 25.9 Å². The lowest BCUT2D eigenvalue weighted by Crippen LogP contribution is -2.24. The van der Waals surface area contributed by atoms with Gasteiger partial charge in [0.1, 0.15) is 0 Å². The van der Waals surface area contributed by atoms with Crippen molar-refractivity contribution in [2.75, 3.05) is 11.4 Å². The third kappa shape index (κ3) is 2.54. The lowest BCUT2D eigenvalue weighted by Gasteiger charge is -2.26. The molecule has 2 aromatic rings. The van der Waals surface area contributed by atoms with Crippen LogP contribution in [0.25, 0.3) is 0 Å². The summed E-state index contributed by atoms with van der Waals surface area (Å²) in [7, 11) is 0. The maximum absolute atomic E-state index is 6.42. The largest absolute Gasteiger partial charge is 0.366 e. The standard InChI is InChI=1S/C17H19ClN2/c18-16-9-3-7-14(11-19)17(16)20-10-4-8-13-5-1-2-6-15(13)12-20/h1-3,5-7,9H,4,8,10-12,19H2. The molecule has 2 aromatic carbocycles. The number of anilines is 1. The maximum Gasteiger partial charge on any atom is 0.0643 e. The maximum atomic E-state index is 6.42. The van der Waals surface area contributed by atoms with Crippen LogP contribution in [0.3, 0.4) is 0 Å². The van der Waals surface area contributed by atoms with E-state index in [-0.39, 0.29) is 0 Å². The molecule has 0 saturated carbocycles. The number of para-hydroxylation sites is 1. The molecule has 0 amide bonds. The van der Waals surface area contributed by atoms with Crippen molar-refractivity contribution in [3.63, 3.8) is 0 Å². The van der Waals surface area contributed by atoms with Gasteiger partial charge in [-0.25, -0.2) is 0 Å². The third-order valence-electron chi connectivity index (χ3n) is 3.96. The summed E-state index contributed by atoms with van der Waals surface area (Å²) in [6.07, 6.45) is 2.28. The zero-order valence-electron chi connectivity index (χ0n) is 11.5. The van der Waals surface area contributed by atoms with Gasteiger partial charge in [-0.15, -0.1) is 0 Å². The Kier molecular flexibility index (Phi) is 3.95. The average Bonchev–Trinajstić information content (AvgIpc) is 2.68. The molecular formula is C17H19ClN2. The molecule has 0 spiro atoms. The highest BCUT2D eigenvalue weighted by Crippen LogP contribution is 2.33. The fraction of sp³-hybridized carbons (Fsp3) is 0.294. The number of nitrogens with two attached hydrogens (primary N) is 1. The van der Waals surface area contributed by atoms with Crippen LogP contribution in [0.1, 0.15) is 23.1 Å². The fourth-order valence-corrected chi connectivity index (χ4v) is 3.28. The highest BCUT2D eigenvalue weighted by atomic mass is 35.5. The smallest absolute Gasteiger partial charge is 0.0643 e. The number of fused-ring (bicyclic) bond motifs is 1. The predicted molar refractivity (Wildman–Crippen MR) is 85.2 cm³/mol. The van der Waals surface area contributed by atoms with E-state index in [4.69, 9.17) is 17.3 Å². The minimum absolute atomic E-state index is 0.522. The van der Waals surface area contributed by atoms with Gasteiger partial charge >= 0.3 is 0 Å². The van der Waals surface area contributed by atoms with Gasteiger partial charge in [-0.05, 0) is 35.6 Å². The molecule has 1 aliphatic rings. The third-order valence-corrected chi connectivity index (χ3v) is 4.27. The second-order valence-electron chi connectivity index (χ2n) is 5.25. The quantitative estimate of drug-likeness (QED) is 0.911. The van der Waals surface area contributed by atoms with E-state index in [9.17, 15) is 0 Å². The number of halogens is 1. The summed E-state index contributed by atoms with van der Waals surface area (Å²) in [5.74, 6) is 0. The molecule has 20 heavy (non-hydrogen) atoms. The normalized spacial score (nSPS) is 14.8. The molecule has 3 heteroatoms. The Morgan fingerprint density at radius 2 is 1.85 bits per heavy atom. The number of hydrogen-bond donors (Lipinski definition) is 1. The molecule has 0 unspecified atom stereocenters. The molecule has 0 atom stereocenters. The molecule has 0 fully saturated rings. The van der Waals surface area contributed by atoms with Crippen LogP contribution < -0.4 is 10.6 Å². The topological polar surface area (TPSA) is 29.3 Å². The summed E-state index contributed by atoms with van der Waals surface area (Å²) >= 11 is 6.42. The van der Waals surface area contributed by atoms with E-state index in [1.54, 1.807) is 0 Å². The van der Waals surface area contributed by atoms with E-state index in [0.29, 0.717) is 6.54 Å². The van der Waals surface area contributed by atoms with Crippen LogP contribution in [-0.2, 0) is 19.5 Å². The van der Waals surface area contributed by atoms with Gasteiger partial charge in [0.05, 0.1) is 10.7 Å². The molecule has 2 nitrogen and oxygen atoms in total. The molecule has 0 aliphatic carbocycles. The van der Waals surface area contributed by atoms with Gasteiger partial charge in [0.2, 0.25) is 0 Å². The molecule has 0 radical (unpaired) electrons. The monoisotopic (exact) mass is 286 g/mol. The zero-order valence-corrected chi connectivity index (χ0v) is 12.2. The van der Waals surface area contributed by atoms with Gasteiger partial charge in [0.25, 0.3) is 0 Å². The average molecular weight is 287 g/mol. The molecular weight excluding hydrogens is 268 g/mol. The predicted octanol–water partition coefficient (Wildman–Crippen LogP) is 3.75. The molecule has 0 saturated heterocycles. The minimum Gasteiger partial charge on any atom is -0.366 e. The van der Waals surface area contributed by atoms with Crippen LogP contribution in [0.4, 0.5) is 5.69 Å². The summed E-state index contributed by atoms with van der Waals surface area (Å²) in [6.45, 7) is 2.45. The molecule has 2 N–H and O–H groups in total. The van der Waals surface area contributed by atoms with Crippen LogP contribution in [0, 0.1) is 0 Å². The lowest BCUT2D eigenvalue weighted by molar-refractivity contribution is 0.760. The molecule has 104 valence electrons. The van der Waals surface area contributed by atoms with Crippen molar-refractivity contribution >= 4 is 17.3 Å². The first-order valence-corrected chi connectivity index (χ1v) is 7.46. The Balaban J connectivity index is 2.00. The van der Waals surface area contributed by atoms with Gasteiger partial charge in [0.15, 0.2) is 0 Å². The molecule has 0 aromatic heterocycles. The van der Waals surface area contributed by atoms with Crippen LogP contribution in [0.5, 0.6) is 0 Å². The van der Waals surface area contributed by atoms with Crippen molar-refractivity contribution < 1.29 is 0 Å². The minimum atomic E-state index is 0.522. The van der Waals surface area contributed by atoms with E-state index in [1.807, 2.05) is 12.1 Å². The van der Waals surface area contributed by atoms with Crippen LogP contribution in [0.15, 0.2) is 42.5 Å². The van der Waals surface area contributed by atoms with Gasteiger partial charge in [0, 0.05) is 19.6 Å². The van der Waals surface area contributed by atoms with E-state index < -0.39 is 0 Å². The van der Waals surface area contributed by atoms with E-state index >= 15 is 0 Å². The Hall–Kier alpha value is -1.51. The van der Waals surface area contributed by atoms with E-state index in [1.165, 1.54) is 11.1 Å². The van der Waals surface area contributed by atoms with Gasteiger partial charge in [-0.1, -0.05) is 48.0 Å². The highest BCUT2D eigenvalue weighted by Gasteiger charge is 2.18. The van der Waals surface area contributed by atoms with Gasteiger partial charge in [-0.3, -0.25) is 0 Å². The number of hydrogen-bond acceptors (Lipinski definition) is 2. The number of aryl methyl sites for hydroxylation is 1. The van der Waals surface area contributed by atoms with E-state index in [2.05, 4.69) is 35.2 Å². The first-order valence-electron chi connectivity index (χ1n) is 7.09. The number of benzene rings is 2. The molecule has 1 aliphatic heterocycles. The molecule has 0 bridgehead atoms. The lowest BCUT2D eigenvalue weighted by atomic mass is 10.0. The number of rotatable bonds is 2. The second-order valence-corrected chi connectivity index (χ2v) is 5.65.